The van der Waals surface area contributed by atoms with Gasteiger partial charge in [0.1, 0.15) is 0 Å². The van der Waals surface area contributed by atoms with Crippen LogP contribution in [0.15, 0.2) is 30.3 Å². The van der Waals surface area contributed by atoms with E-state index >= 15 is 0 Å². The summed E-state index contributed by atoms with van der Waals surface area (Å²) in [6.45, 7) is 5.78. The molecule has 0 unspecified atom stereocenters. The van der Waals surface area contributed by atoms with Crippen molar-refractivity contribution in [2.75, 3.05) is 26.2 Å². The largest absolute Gasteiger partial charge is 0.336 e. The van der Waals surface area contributed by atoms with Gasteiger partial charge in [-0.25, -0.2) is 0 Å². The van der Waals surface area contributed by atoms with E-state index in [4.69, 9.17) is 5.73 Å². The van der Waals surface area contributed by atoms with Crippen molar-refractivity contribution in [2.45, 2.75) is 19.5 Å². The molecular formula is C14H21N3O. The lowest BCUT2D eigenvalue weighted by Gasteiger charge is -2.39. The van der Waals surface area contributed by atoms with Crippen molar-refractivity contribution in [3.05, 3.63) is 35.9 Å². The number of benzene rings is 1. The van der Waals surface area contributed by atoms with Gasteiger partial charge in [0.15, 0.2) is 0 Å². The molecule has 1 aliphatic heterocycles. The van der Waals surface area contributed by atoms with E-state index in [0.29, 0.717) is 0 Å². The molecule has 0 spiro atoms. The van der Waals surface area contributed by atoms with Crippen LogP contribution in [0.5, 0.6) is 0 Å². The third kappa shape index (κ3) is 3.09. The summed E-state index contributed by atoms with van der Waals surface area (Å²) in [5.41, 5.74) is 6.74. The van der Waals surface area contributed by atoms with Crippen LogP contribution in [0, 0.1) is 0 Å². The first-order chi connectivity index (χ1) is 8.70. The van der Waals surface area contributed by atoms with Gasteiger partial charge in [0.25, 0.3) is 0 Å². The van der Waals surface area contributed by atoms with Crippen LogP contribution in [-0.2, 0) is 11.3 Å². The molecule has 4 nitrogen and oxygen atoms in total. The average Bonchev–Trinajstić information content (AvgIpc) is 2.39. The highest BCUT2D eigenvalue weighted by atomic mass is 16.2. The molecule has 0 radical (unpaired) electrons. The summed E-state index contributed by atoms with van der Waals surface area (Å²) in [5, 5.41) is 0. The number of rotatable bonds is 3. The normalized spacial score (nSPS) is 21.0. The van der Waals surface area contributed by atoms with Crippen LogP contribution in [0.3, 0.4) is 0 Å². The van der Waals surface area contributed by atoms with E-state index in [1.165, 1.54) is 5.56 Å². The van der Waals surface area contributed by atoms with E-state index in [0.717, 1.165) is 26.2 Å². The van der Waals surface area contributed by atoms with Gasteiger partial charge >= 0.3 is 0 Å². The lowest BCUT2D eigenvalue weighted by atomic mass is 10.1. The Hall–Kier alpha value is -1.39. The molecule has 1 saturated heterocycles. The Balaban J connectivity index is 1.90. The van der Waals surface area contributed by atoms with Crippen molar-refractivity contribution in [3.63, 3.8) is 0 Å². The maximum atomic E-state index is 11.6. The number of amides is 1. The predicted octanol–water partition coefficient (Wildman–Crippen LogP) is 0.678. The molecule has 1 aromatic carbocycles. The van der Waals surface area contributed by atoms with E-state index in [1.54, 1.807) is 0 Å². The Bertz CT molecular complexity index is 393. The van der Waals surface area contributed by atoms with Crippen molar-refractivity contribution in [1.82, 2.24) is 9.80 Å². The van der Waals surface area contributed by atoms with Gasteiger partial charge in [-0.2, -0.15) is 0 Å². The zero-order valence-corrected chi connectivity index (χ0v) is 10.9. The molecule has 1 fully saturated rings. The van der Waals surface area contributed by atoms with Gasteiger partial charge in [-0.15, -0.1) is 0 Å². The molecule has 4 heteroatoms. The Morgan fingerprint density at radius 2 is 2.06 bits per heavy atom. The van der Waals surface area contributed by atoms with Crippen LogP contribution >= 0.6 is 0 Å². The molecule has 1 aromatic rings. The third-order valence-corrected chi connectivity index (χ3v) is 3.46. The smallest absolute Gasteiger partial charge is 0.236 e. The minimum atomic E-state index is 0.0573. The van der Waals surface area contributed by atoms with Crippen molar-refractivity contribution in [2.24, 2.45) is 5.73 Å². The van der Waals surface area contributed by atoms with Gasteiger partial charge in [0, 0.05) is 32.2 Å². The van der Waals surface area contributed by atoms with Gasteiger partial charge in [0.2, 0.25) is 5.91 Å². The highest BCUT2D eigenvalue weighted by Gasteiger charge is 2.26. The fourth-order valence-electron chi connectivity index (χ4n) is 2.51. The molecular weight excluding hydrogens is 226 g/mol. The third-order valence-electron chi connectivity index (χ3n) is 3.46. The first kappa shape index (κ1) is 13.1. The molecule has 0 saturated carbocycles. The first-order valence-corrected chi connectivity index (χ1v) is 6.46. The van der Waals surface area contributed by atoms with Crippen LogP contribution in [0.1, 0.15) is 12.5 Å². The minimum absolute atomic E-state index is 0.0573. The van der Waals surface area contributed by atoms with Crippen LogP contribution in [-0.4, -0.2) is 47.9 Å². The minimum Gasteiger partial charge on any atom is -0.336 e. The van der Waals surface area contributed by atoms with Gasteiger partial charge in [-0.3, -0.25) is 9.69 Å². The molecule has 0 aromatic heterocycles. The van der Waals surface area contributed by atoms with Crippen LogP contribution in [0.4, 0.5) is 0 Å². The zero-order chi connectivity index (χ0) is 13.0. The summed E-state index contributed by atoms with van der Waals surface area (Å²) in [6, 6.07) is 10.7. The highest BCUT2D eigenvalue weighted by Crippen LogP contribution is 2.12. The Kier molecular flexibility index (Phi) is 4.33. The number of nitrogens with zero attached hydrogens (tertiary/aromatic N) is 2. The summed E-state index contributed by atoms with van der Waals surface area (Å²) in [7, 11) is 0. The summed E-state index contributed by atoms with van der Waals surface area (Å²) < 4.78 is 0. The number of hydrogen-bond donors (Lipinski definition) is 1. The summed E-state index contributed by atoms with van der Waals surface area (Å²) >= 11 is 0. The summed E-state index contributed by atoms with van der Waals surface area (Å²) in [6.07, 6.45) is 0. The monoisotopic (exact) mass is 247 g/mol. The molecule has 0 bridgehead atoms. The van der Waals surface area contributed by atoms with Crippen molar-refractivity contribution < 1.29 is 4.79 Å². The number of hydrogen-bond acceptors (Lipinski definition) is 3. The lowest BCUT2D eigenvalue weighted by molar-refractivity contribution is -0.134. The lowest BCUT2D eigenvalue weighted by Crippen LogP contribution is -2.54. The topological polar surface area (TPSA) is 49.6 Å². The van der Waals surface area contributed by atoms with E-state index < -0.39 is 0 Å². The van der Waals surface area contributed by atoms with E-state index in [2.05, 4.69) is 36.1 Å². The molecule has 2 N–H and O–H groups in total. The Labute approximate surface area is 108 Å². The molecule has 1 heterocycles. The molecule has 18 heavy (non-hydrogen) atoms. The van der Waals surface area contributed by atoms with E-state index in [9.17, 15) is 4.79 Å². The van der Waals surface area contributed by atoms with Gasteiger partial charge in [-0.1, -0.05) is 30.3 Å². The molecule has 2 rings (SSSR count). The van der Waals surface area contributed by atoms with Gasteiger partial charge in [-0.05, 0) is 12.5 Å². The van der Waals surface area contributed by atoms with Crippen molar-refractivity contribution >= 4 is 5.91 Å². The van der Waals surface area contributed by atoms with Gasteiger partial charge < -0.3 is 10.6 Å². The van der Waals surface area contributed by atoms with Crippen molar-refractivity contribution in [1.29, 1.82) is 0 Å². The highest BCUT2D eigenvalue weighted by molar-refractivity contribution is 5.78. The second-order valence-electron chi connectivity index (χ2n) is 4.86. The van der Waals surface area contributed by atoms with Crippen LogP contribution in [0.2, 0.25) is 0 Å². The Morgan fingerprint density at radius 3 is 2.67 bits per heavy atom. The van der Waals surface area contributed by atoms with E-state index in [1.807, 2.05) is 11.0 Å². The van der Waals surface area contributed by atoms with Crippen molar-refractivity contribution in [3.8, 4) is 0 Å². The quantitative estimate of drug-likeness (QED) is 0.854. The fraction of sp³-hybridized carbons (Fsp3) is 0.500. The molecule has 1 aliphatic rings. The maximum absolute atomic E-state index is 11.6. The number of nitrogens with two attached hydrogens (primary N) is 1. The van der Waals surface area contributed by atoms with Crippen LogP contribution < -0.4 is 5.73 Å². The average molecular weight is 247 g/mol. The zero-order valence-electron chi connectivity index (χ0n) is 10.9. The number of carbonyl (C=O) groups excluding carboxylic acids is 1. The second-order valence-corrected chi connectivity index (χ2v) is 4.86. The Morgan fingerprint density at radius 1 is 1.33 bits per heavy atom. The molecule has 0 aliphatic carbocycles. The fourth-order valence-corrected chi connectivity index (χ4v) is 2.51. The van der Waals surface area contributed by atoms with Crippen LogP contribution in [0.25, 0.3) is 0 Å². The maximum Gasteiger partial charge on any atom is 0.236 e. The predicted molar refractivity (Wildman–Crippen MR) is 71.9 cm³/mol. The summed E-state index contributed by atoms with van der Waals surface area (Å²) in [4.78, 5) is 15.9. The standard InChI is InChI=1S/C14H21N3O/c1-12-10-16(7-8-17(12)14(18)9-15)11-13-5-3-2-4-6-13/h2-6,12H,7-11,15H2,1H3/t12-/m1/s1. The second kappa shape index (κ2) is 5.98. The number of piperazine rings is 1. The molecule has 1 amide bonds. The van der Waals surface area contributed by atoms with E-state index in [-0.39, 0.29) is 18.5 Å². The van der Waals surface area contributed by atoms with Gasteiger partial charge in [0.05, 0.1) is 6.54 Å². The first-order valence-electron chi connectivity index (χ1n) is 6.46. The molecule has 98 valence electrons. The SMILES string of the molecule is C[C@@H]1CN(Cc2ccccc2)CCN1C(=O)CN. The number of carbonyl (C=O) groups is 1. The summed E-state index contributed by atoms with van der Waals surface area (Å²) in [5.74, 6) is 0.0573. The molecule has 1 atom stereocenters.